The molecule has 0 saturated carbocycles. The van der Waals surface area contributed by atoms with Crippen LogP contribution in [-0.2, 0) is 11.3 Å². The lowest BCUT2D eigenvalue weighted by molar-refractivity contribution is 0.117. The van der Waals surface area contributed by atoms with Gasteiger partial charge in [-0.2, -0.15) is 0 Å². The summed E-state index contributed by atoms with van der Waals surface area (Å²) in [7, 11) is 0. The van der Waals surface area contributed by atoms with Crippen LogP contribution in [0.2, 0.25) is 0 Å². The molecule has 0 fully saturated rings. The van der Waals surface area contributed by atoms with Crippen LogP contribution in [0, 0.1) is 0 Å². The highest BCUT2D eigenvalue weighted by molar-refractivity contribution is 5.68. The molecule has 0 radical (unpaired) electrons. The number of nitrogens with zero attached hydrogens (tertiary/aromatic N) is 1. The fourth-order valence-corrected chi connectivity index (χ4v) is 1.36. The van der Waals surface area contributed by atoms with E-state index in [4.69, 9.17) is 4.74 Å². The van der Waals surface area contributed by atoms with Crippen molar-refractivity contribution in [3.63, 3.8) is 0 Å². The van der Waals surface area contributed by atoms with Gasteiger partial charge in [0, 0.05) is 6.61 Å². The monoisotopic (exact) mass is 224 g/mol. The van der Waals surface area contributed by atoms with Crippen LogP contribution in [0.4, 0.5) is 0 Å². The molecule has 3 N–H and O–H groups in total. The SMILES string of the molecule is CCCOCc1nc2[nH]c(=O)[nH]c(=O)c2[nH]1. The molecule has 0 unspecified atom stereocenters. The number of aromatic nitrogens is 4. The van der Waals surface area contributed by atoms with Crippen LogP contribution in [0.15, 0.2) is 9.59 Å². The number of H-pyrrole nitrogens is 3. The van der Waals surface area contributed by atoms with Crippen molar-refractivity contribution in [1.29, 1.82) is 0 Å². The second kappa shape index (κ2) is 4.31. The summed E-state index contributed by atoms with van der Waals surface area (Å²) in [6, 6.07) is 0. The van der Waals surface area contributed by atoms with Gasteiger partial charge in [0.25, 0.3) is 5.56 Å². The number of nitrogens with one attached hydrogen (secondary N) is 3. The molecule has 16 heavy (non-hydrogen) atoms. The van der Waals surface area contributed by atoms with Crippen molar-refractivity contribution in [2.45, 2.75) is 20.0 Å². The minimum absolute atomic E-state index is 0.254. The fraction of sp³-hybridized carbons (Fsp3) is 0.444. The van der Waals surface area contributed by atoms with E-state index >= 15 is 0 Å². The van der Waals surface area contributed by atoms with Crippen molar-refractivity contribution in [2.75, 3.05) is 6.61 Å². The van der Waals surface area contributed by atoms with E-state index in [0.29, 0.717) is 19.0 Å². The zero-order chi connectivity index (χ0) is 11.5. The Morgan fingerprint density at radius 2 is 2.06 bits per heavy atom. The van der Waals surface area contributed by atoms with Crippen LogP contribution in [0.5, 0.6) is 0 Å². The number of hydrogen-bond donors (Lipinski definition) is 3. The lowest BCUT2D eigenvalue weighted by Gasteiger charge is -1.97. The maximum atomic E-state index is 11.4. The molecule has 0 bridgehead atoms. The van der Waals surface area contributed by atoms with Crippen molar-refractivity contribution in [3.05, 3.63) is 26.7 Å². The van der Waals surface area contributed by atoms with E-state index < -0.39 is 11.2 Å². The Morgan fingerprint density at radius 3 is 2.81 bits per heavy atom. The van der Waals surface area contributed by atoms with Gasteiger partial charge < -0.3 is 9.72 Å². The molecule has 7 nitrogen and oxygen atoms in total. The summed E-state index contributed by atoms with van der Waals surface area (Å²) in [4.78, 5) is 33.7. The molecular weight excluding hydrogens is 212 g/mol. The lowest BCUT2D eigenvalue weighted by Crippen LogP contribution is -2.21. The molecule has 2 rings (SSSR count). The van der Waals surface area contributed by atoms with Crippen LogP contribution in [-0.4, -0.2) is 26.5 Å². The normalized spacial score (nSPS) is 11.1. The lowest BCUT2D eigenvalue weighted by atomic mass is 10.5. The third-order valence-electron chi connectivity index (χ3n) is 2.03. The van der Waals surface area contributed by atoms with Gasteiger partial charge in [-0.3, -0.25) is 14.8 Å². The van der Waals surface area contributed by atoms with Crippen molar-refractivity contribution in [3.8, 4) is 0 Å². The van der Waals surface area contributed by atoms with Crippen molar-refractivity contribution in [2.24, 2.45) is 0 Å². The minimum atomic E-state index is -0.565. The van der Waals surface area contributed by atoms with Gasteiger partial charge in [0.05, 0.1) is 0 Å². The van der Waals surface area contributed by atoms with E-state index in [9.17, 15) is 9.59 Å². The molecule has 0 spiro atoms. The van der Waals surface area contributed by atoms with Gasteiger partial charge in [0.2, 0.25) is 0 Å². The van der Waals surface area contributed by atoms with Crippen LogP contribution in [0.1, 0.15) is 19.2 Å². The number of rotatable bonds is 4. The number of hydrogen-bond acceptors (Lipinski definition) is 4. The summed E-state index contributed by atoms with van der Waals surface area (Å²) < 4.78 is 5.27. The van der Waals surface area contributed by atoms with E-state index in [-0.39, 0.29) is 11.2 Å². The van der Waals surface area contributed by atoms with E-state index in [0.717, 1.165) is 6.42 Å². The third kappa shape index (κ3) is 2.03. The smallest absolute Gasteiger partial charge is 0.327 e. The van der Waals surface area contributed by atoms with E-state index in [1.54, 1.807) is 0 Å². The summed E-state index contributed by atoms with van der Waals surface area (Å²) in [5, 5.41) is 0. The van der Waals surface area contributed by atoms with Crippen LogP contribution >= 0.6 is 0 Å². The first-order chi connectivity index (χ1) is 7.70. The van der Waals surface area contributed by atoms with Gasteiger partial charge in [0.1, 0.15) is 17.9 Å². The van der Waals surface area contributed by atoms with Gasteiger partial charge in [0.15, 0.2) is 5.65 Å². The highest BCUT2D eigenvalue weighted by Gasteiger charge is 2.07. The molecule has 2 aromatic rings. The highest BCUT2D eigenvalue weighted by Crippen LogP contribution is 2.02. The van der Waals surface area contributed by atoms with Gasteiger partial charge in [-0.1, -0.05) is 6.92 Å². The molecule has 0 saturated heterocycles. The standard InChI is InChI=1S/C9H12N4O3/c1-2-3-16-4-5-10-6-7(11-5)12-9(15)13-8(6)14/h2-4H2,1H3,(H3,10,11,12,13,14,15). The Hall–Kier alpha value is -1.89. The predicted octanol–water partition coefficient (Wildman–Crippen LogP) is -0.134. The summed E-state index contributed by atoms with van der Waals surface area (Å²) in [5.74, 6) is 0.524. The first-order valence-electron chi connectivity index (χ1n) is 4.99. The summed E-state index contributed by atoms with van der Waals surface area (Å²) in [5.41, 5.74) is -0.531. The van der Waals surface area contributed by atoms with Gasteiger partial charge in [-0.25, -0.2) is 9.78 Å². The van der Waals surface area contributed by atoms with Gasteiger partial charge in [-0.15, -0.1) is 0 Å². The summed E-state index contributed by atoms with van der Waals surface area (Å²) in [6.07, 6.45) is 0.914. The molecule has 2 aromatic heterocycles. The van der Waals surface area contributed by atoms with Gasteiger partial charge in [-0.05, 0) is 6.42 Å². The molecule has 86 valence electrons. The van der Waals surface area contributed by atoms with E-state index in [2.05, 4.69) is 19.9 Å². The maximum Gasteiger partial charge on any atom is 0.327 e. The number of fused-ring (bicyclic) bond motifs is 1. The Bertz CT molecular complexity index is 595. The molecule has 0 atom stereocenters. The zero-order valence-electron chi connectivity index (χ0n) is 8.79. The highest BCUT2D eigenvalue weighted by atomic mass is 16.5. The second-order valence-corrected chi connectivity index (χ2v) is 3.37. The Kier molecular flexibility index (Phi) is 2.86. The number of ether oxygens (including phenoxy) is 1. The van der Waals surface area contributed by atoms with E-state index in [1.165, 1.54) is 0 Å². The molecule has 0 aliphatic heterocycles. The van der Waals surface area contributed by atoms with Crippen LogP contribution in [0.25, 0.3) is 11.2 Å². The number of aromatic amines is 3. The number of imidazole rings is 1. The minimum Gasteiger partial charge on any atom is -0.374 e. The Balaban J connectivity index is 2.33. The molecule has 2 heterocycles. The zero-order valence-corrected chi connectivity index (χ0v) is 8.79. The van der Waals surface area contributed by atoms with Crippen molar-refractivity contribution >= 4 is 11.2 Å². The molecule has 0 aromatic carbocycles. The molecule has 0 aliphatic rings. The summed E-state index contributed by atoms with van der Waals surface area (Å²) >= 11 is 0. The molecule has 7 heteroatoms. The average molecular weight is 224 g/mol. The van der Waals surface area contributed by atoms with Crippen molar-refractivity contribution < 1.29 is 4.74 Å². The Labute approximate surface area is 89.9 Å². The third-order valence-corrected chi connectivity index (χ3v) is 2.03. The predicted molar refractivity (Wildman–Crippen MR) is 57.3 cm³/mol. The maximum absolute atomic E-state index is 11.4. The molecule has 0 aliphatic carbocycles. The van der Waals surface area contributed by atoms with E-state index in [1.807, 2.05) is 6.92 Å². The topological polar surface area (TPSA) is 104 Å². The molecular formula is C9H12N4O3. The largest absolute Gasteiger partial charge is 0.374 e. The van der Waals surface area contributed by atoms with Crippen LogP contribution in [0.3, 0.4) is 0 Å². The fourth-order valence-electron chi connectivity index (χ4n) is 1.36. The summed E-state index contributed by atoms with van der Waals surface area (Å²) in [6.45, 7) is 2.93. The van der Waals surface area contributed by atoms with Crippen molar-refractivity contribution in [1.82, 2.24) is 19.9 Å². The van der Waals surface area contributed by atoms with Crippen LogP contribution < -0.4 is 11.2 Å². The first-order valence-corrected chi connectivity index (χ1v) is 4.99. The Morgan fingerprint density at radius 1 is 1.25 bits per heavy atom. The van der Waals surface area contributed by atoms with Gasteiger partial charge >= 0.3 is 5.69 Å². The molecule has 0 amide bonds. The quantitative estimate of drug-likeness (QED) is 0.629. The first kappa shape index (κ1) is 10.6. The average Bonchev–Trinajstić information content (AvgIpc) is 2.61. The second-order valence-electron chi connectivity index (χ2n) is 3.37.